The lowest BCUT2D eigenvalue weighted by Crippen LogP contribution is -2.48. The molecule has 162 valence electrons. The number of aliphatic imine (C=N–C) groups is 1. The van der Waals surface area contributed by atoms with E-state index in [1.165, 1.54) is 76.0 Å². The maximum absolute atomic E-state index is 4.45. The van der Waals surface area contributed by atoms with Gasteiger partial charge in [-0.05, 0) is 68.8 Å². The second-order valence-electron chi connectivity index (χ2n) is 8.96. The average molecular weight is 400 g/mol. The first kappa shape index (κ1) is 22.1. The van der Waals surface area contributed by atoms with E-state index in [-0.39, 0.29) is 0 Å². The number of hydrogen-bond acceptors (Lipinski definition) is 3. The predicted octanol–water partition coefficient (Wildman–Crippen LogP) is 3.46. The maximum Gasteiger partial charge on any atom is 0.191 e. The average Bonchev–Trinajstić information content (AvgIpc) is 2.74. The smallest absolute Gasteiger partial charge is 0.191 e. The molecule has 0 amide bonds. The molecular formula is C24H41N5. The van der Waals surface area contributed by atoms with E-state index in [2.05, 4.69) is 63.5 Å². The summed E-state index contributed by atoms with van der Waals surface area (Å²) in [5.41, 5.74) is 2.75. The Labute approximate surface area is 178 Å². The van der Waals surface area contributed by atoms with Gasteiger partial charge in [0.2, 0.25) is 0 Å². The minimum atomic E-state index is 0.530. The minimum Gasteiger partial charge on any atom is -0.354 e. The van der Waals surface area contributed by atoms with Gasteiger partial charge >= 0.3 is 0 Å². The van der Waals surface area contributed by atoms with Crippen LogP contribution in [0.1, 0.15) is 57.1 Å². The normalized spacial score (nSPS) is 20.7. The van der Waals surface area contributed by atoms with Crippen LogP contribution in [-0.2, 0) is 13.1 Å². The number of benzene rings is 1. The highest BCUT2D eigenvalue weighted by Crippen LogP contribution is 2.18. The van der Waals surface area contributed by atoms with Crippen molar-refractivity contribution < 1.29 is 0 Å². The van der Waals surface area contributed by atoms with E-state index in [9.17, 15) is 0 Å². The summed E-state index contributed by atoms with van der Waals surface area (Å²) in [7, 11) is 1.87. The third-order valence-corrected chi connectivity index (χ3v) is 6.43. The number of nitrogens with zero attached hydrogens (tertiary/aromatic N) is 3. The van der Waals surface area contributed by atoms with Crippen LogP contribution in [0.15, 0.2) is 29.3 Å². The molecule has 0 bridgehead atoms. The molecular weight excluding hydrogens is 358 g/mol. The Kier molecular flexibility index (Phi) is 8.81. The molecule has 2 heterocycles. The lowest BCUT2D eigenvalue weighted by Gasteiger charge is -2.32. The van der Waals surface area contributed by atoms with Gasteiger partial charge in [0, 0.05) is 39.3 Å². The minimum absolute atomic E-state index is 0.530. The van der Waals surface area contributed by atoms with E-state index in [1.807, 2.05) is 7.05 Å². The summed E-state index contributed by atoms with van der Waals surface area (Å²) in [6, 6.07) is 9.55. The highest BCUT2D eigenvalue weighted by Gasteiger charge is 2.19. The van der Waals surface area contributed by atoms with Crippen LogP contribution in [0, 0.1) is 5.92 Å². The van der Waals surface area contributed by atoms with Crippen molar-refractivity contribution in [2.75, 3.05) is 39.8 Å². The van der Waals surface area contributed by atoms with Gasteiger partial charge in [-0.1, -0.05) is 38.1 Å². The van der Waals surface area contributed by atoms with Gasteiger partial charge in [0.25, 0.3) is 0 Å². The van der Waals surface area contributed by atoms with E-state index in [1.54, 1.807) is 0 Å². The zero-order chi connectivity index (χ0) is 20.5. The second-order valence-corrected chi connectivity index (χ2v) is 8.96. The van der Waals surface area contributed by atoms with Crippen molar-refractivity contribution in [3.8, 4) is 0 Å². The number of likely N-dealkylation sites (tertiary alicyclic amines) is 2. The van der Waals surface area contributed by atoms with Crippen molar-refractivity contribution in [2.45, 2.75) is 65.1 Å². The maximum atomic E-state index is 4.45. The first-order valence-electron chi connectivity index (χ1n) is 11.7. The molecule has 2 saturated heterocycles. The third kappa shape index (κ3) is 7.31. The largest absolute Gasteiger partial charge is 0.354 e. The first-order valence-corrected chi connectivity index (χ1v) is 11.7. The number of hydrogen-bond donors (Lipinski definition) is 2. The van der Waals surface area contributed by atoms with Crippen LogP contribution in [0.2, 0.25) is 0 Å². The van der Waals surface area contributed by atoms with Gasteiger partial charge in [0.15, 0.2) is 5.96 Å². The zero-order valence-corrected chi connectivity index (χ0v) is 18.8. The topological polar surface area (TPSA) is 42.9 Å². The molecule has 0 unspecified atom stereocenters. The van der Waals surface area contributed by atoms with Crippen LogP contribution >= 0.6 is 0 Å². The van der Waals surface area contributed by atoms with Gasteiger partial charge in [-0.25, -0.2) is 0 Å². The Morgan fingerprint density at radius 3 is 2.41 bits per heavy atom. The number of piperidine rings is 2. The Morgan fingerprint density at radius 1 is 1.03 bits per heavy atom. The van der Waals surface area contributed by atoms with E-state index in [0.29, 0.717) is 6.04 Å². The van der Waals surface area contributed by atoms with Crippen molar-refractivity contribution >= 4 is 5.96 Å². The summed E-state index contributed by atoms with van der Waals surface area (Å²) in [5, 5.41) is 7.14. The van der Waals surface area contributed by atoms with E-state index in [0.717, 1.165) is 25.0 Å². The molecule has 3 rings (SSSR count). The molecule has 1 aromatic rings. The van der Waals surface area contributed by atoms with Gasteiger partial charge < -0.3 is 15.5 Å². The summed E-state index contributed by atoms with van der Waals surface area (Å²) in [6.07, 6.45) is 6.31. The summed E-state index contributed by atoms with van der Waals surface area (Å²) in [5.74, 6) is 1.81. The Balaban J connectivity index is 1.43. The molecule has 29 heavy (non-hydrogen) atoms. The fraction of sp³-hybridized carbons (Fsp3) is 0.708. The van der Waals surface area contributed by atoms with Crippen molar-refractivity contribution in [2.24, 2.45) is 10.9 Å². The van der Waals surface area contributed by atoms with Crippen LogP contribution in [0.25, 0.3) is 0 Å². The standard InChI is InChI=1S/C24H41N5/c1-4-12-28-15-10-23(11-16-28)27-24(25-3)26-18-21-6-5-7-22(17-21)19-29-13-8-20(2)9-14-29/h5-7,17,20,23H,4,8-16,18-19H2,1-3H3,(H2,25,26,27). The highest BCUT2D eigenvalue weighted by molar-refractivity contribution is 5.79. The zero-order valence-electron chi connectivity index (χ0n) is 18.8. The molecule has 1 aromatic carbocycles. The van der Waals surface area contributed by atoms with Crippen molar-refractivity contribution in [1.29, 1.82) is 0 Å². The molecule has 2 aliphatic heterocycles. The SMILES string of the molecule is CCCN1CCC(NC(=NC)NCc2cccc(CN3CCC(C)CC3)c2)CC1. The summed E-state index contributed by atoms with van der Waals surface area (Å²) in [6.45, 7) is 12.6. The molecule has 2 aliphatic rings. The second kappa shape index (κ2) is 11.6. The number of rotatable bonds is 7. The van der Waals surface area contributed by atoms with E-state index < -0.39 is 0 Å². The van der Waals surface area contributed by atoms with Crippen LogP contribution in [-0.4, -0.2) is 61.6 Å². The molecule has 0 radical (unpaired) electrons. The molecule has 0 saturated carbocycles. The van der Waals surface area contributed by atoms with Crippen LogP contribution < -0.4 is 10.6 Å². The van der Waals surface area contributed by atoms with Crippen molar-refractivity contribution in [1.82, 2.24) is 20.4 Å². The molecule has 2 fully saturated rings. The Hall–Kier alpha value is -1.59. The van der Waals surface area contributed by atoms with Gasteiger partial charge in [0.1, 0.15) is 0 Å². The fourth-order valence-corrected chi connectivity index (χ4v) is 4.51. The van der Waals surface area contributed by atoms with E-state index >= 15 is 0 Å². The van der Waals surface area contributed by atoms with Crippen LogP contribution in [0.3, 0.4) is 0 Å². The van der Waals surface area contributed by atoms with Gasteiger partial charge in [-0.15, -0.1) is 0 Å². The molecule has 0 spiro atoms. The molecule has 0 aromatic heterocycles. The predicted molar refractivity (Wildman–Crippen MR) is 123 cm³/mol. The molecule has 5 heteroatoms. The number of guanidine groups is 1. The lowest BCUT2D eigenvalue weighted by atomic mass is 9.98. The van der Waals surface area contributed by atoms with Gasteiger partial charge in [-0.2, -0.15) is 0 Å². The van der Waals surface area contributed by atoms with E-state index in [4.69, 9.17) is 0 Å². The molecule has 5 nitrogen and oxygen atoms in total. The summed E-state index contributed by atoms with van der Waals surface area (Å²) in [4.78, 5) is 9.62. The molecule has 0 atom stereocenters. The quantitative estimate of drug-likeness (QED) is 0.544. The lowest BCUT2D eigenvalue weighted by molar-refractivity contribution is 0.185. The van der Waals surface area contributed by atoms with Gasteiger partial charge in [0.05, 0.1) is 0 Å². The van der Waals surface area contributed by atoms with Gasteiger partial charge in [-0.3, -0.25) is 9.89 Å². The third-order valence-electron chi connectivity index (χ3n) is 6.43. The highest BCUT2D eigenvalue weighted by atomic mass is 15.2. The monoisotopic (exact) mass is 399 g/mol. The van der Waals surface area contributed by atoms with Crippen molar-refractivity contribution in [3.63, 3.8) is 0 Å². The van der Waals surface area contributed by atoms with Crippen molar-refractivity contribution in [3.05, 3.63) is 35.4 Å². The number of nitrogens with one attached hydrogen (secondary N) is 2. The first-order chi connectivity index (χ1) is 14.2. The Morgan fingerprint density at radius 2 is 1.72 bits per heavy atom. The molecule has 0 aliphatic carbocycles. The summed E-state index contributed by atoms with van der Waals surface area (Å²) < 4.78 is 0. The fourth-order valence-electron chi connectivity index (χ4n) is 4.51. The summed E-state index contributed by atoms with van der Waals surface area (Å²) >= 11 is 0. The van der Waals surface area contributed by atoms with Crippen LogP contribution in [0.4, 0.5) is 0 Å². The van der Waals surface area contributed by atoms with Crippen LogP contribution in [0.5, 0.6) is 0 Å². The Bertz CT molecular complexity index is 628. The molecule has 2 N–H and O–H groups in total.